The molecule has 0 aliphatic heterocycles. The summed E-state index contributed by atoms with van der Waals surface area (Å²) in [5, 5.41) is 22.1. The van der Waals surface area contributed by atoms with Crippen LogP contribution in [0.2, 0.25) is 0 Å². The molecule has 0 saturated carbocycles. The molecule has 0 aliphatic carbocycles. The predicted molar refractivity (Wildman–Crippen MR) is 76.0 cm³/mol. The minimum atomic E-state index is -1.38. The number of amides is 1. The Bertz CT molecular complexity index is 482. The van der Waals surface area contributed by atoms with Crippen molar-refractivity contribution >= 4 is 11.8 Å². The third-order valence-electron chi connectivity index (χ3n) is 2.50. The van der Waals surface area contributed by atoms with Gasteiger partial charge in [0.2, 0.25) is 0 Å². The predicted octanol–water partition coefficient (Wildman–Crippen LogP) is 1.33. The van der Waals surface area contributed by atoms with Crippen molar-refractivity contribution in [1.29, 1.82) is 0 Å². The summed E-state index contributed by atoms with van der Waals surface area (Å²) in [5.74, 6) is -0.614. The molecule has 118 valence electrons. The number of alkyl carbamates (subject to hydrolysis) is 1. The van der Waals surface area contributed by atoms with Gasteiger partial charge in [-0.1, -0.05) is 0 Å². The number of nitrogens with one attached hydrogen (secondary N) is 1. The molecule has 0 heterocycles. The molecule has 5 N–H and O–H groups in total. The molecule has 1 aromatic carbocycles. The largest absolute Gasteiger partial charge is 0.444 e. The Morgan fingerprint density at radius 2 is 2.00 bits per heavy atom. The lowest BCUT2D eigenvalue weighted by atomic mass is 10.0. The molecule has 1 aromatic rings. The van der Waals surface area contributed by atoms with Crippen molar-refractivity contribution in [3.8, 4) is 0 Å². The summed E-state index contributed by atoms with van der Waals surface area (Å²) in [6.45, 7) is 4.86. The number of rotatable bonds is 4. The van der Waals surface area contributed by atoms with E-state index < -0.39 is 29.7 Å². The lowest BCUT2D eigenvalue weighted by molar-refractivity contribution is 0.0128. The molecular formula is C14H21FN2O4. The maximum atomic E-state index is 13.2. The molecule has 7 heteroatoms. The molecule has 2 unspecified atom stereocenters. The Morgan fingerprint density at radius 3 is 2.52 bits per heavy atom. The van der Waals surface area contributed by atoms with Gasteiger partial charge in [-0.05, 0) is 44.5 Å². The number of anilines is 1. The van der Waals surface area contributed by atoms with Gasteiger partial charge in [-0.2, -0.15) is 0 Å². The molecule has 0 aromatic heterocycles. The van der Waals surface area contributed by atoms with Gasteiger partial charge in [-0.25, -0.2) is 9.18 Å². The van der Waals surface area contributed by atoms with E-state index in [1.165, 1.54) is 6.07 Å². The van der Waals surface area contributed by atoms with Crippen molar-refractivity contribution in [2.45, 2.75) is 38.6 Å². The number of hydrogen-bond acceptors (Lipinski definition) is 5. The quantitative estimate of drug-likeness (QED) is 0.628. The number of ether oxygens (including phenoxy) is 1. The van der Waals surface area contributed by atoms with Crippen LogP contribution in [0.5, 0.6) is 0 Å². The van der Waals surface area contributed by atoms with E-state index in [2.05, 4.69) is 5.32 Å². The Balaban J connectivity index is 2.58. The molecule has 21 heavy (non-hydrogen) atoms. The van der Waals surface area contributed by atoms with Gasteiger partial charge in [0.15, 0.2) is 0 Å². The van der Waals surface area contributed by atoms with Crippen LogP contribution in [-0.2, 0) is 4.74 Å². The van der Waals surface area contributed by atoms with Crippen LogP contribution in [0.3, 0.4) is 0 Å². The Morgan fingerprint density at radius 1 is 1.38 bits per heavy atom. The fourth-order valence-electron chi connectivity index (χ4n) is 1.64. The number of hydrogen-bond donors (Lipinski definition) is 4. The number of halogens is 1. The van der Waals surface area contributed by atoms with Crippen molar-refractivity contribution in [3.63, 3.8) is 0 Å². The van der Waals surface area contributed by atoms with E-state index in [-0.39, 0.29) is 17.8 Å². The fraction of sp³-hybridized carbons (Fsp3) is 0.500. The minimum Gasteiger partial charge on any atom is -0.444 e. The number of nitrogens with two attached hydrogens (primary N) is 1. The smallest absolute Gasteiger partial charge is 0.407 e. The number of carbonyl (C=O) groups is 1. The van der Waals surface area contributed by atoms with Crippen LogP contribution in [0.1, 0.15) is 32.4 Å². The van der Waals surface area contributed by atoms with Crippen LogP contribution in [0.25, 0.3) is 0 Å². The lowest BCUT2D eigenvalue weighted by Crippen LogP contribution is -2.38. The second kappa shape index (κ2) is 6.73. The van der Waals surface area contributed by atoms with E-state index in [0.717, 1.165) is 12.1 Å². The zero-order chi connectivity index (χ0) is 16.2. The Kier molecular flexibility index (Phi) is 5.51. The maximum absolute atomic E-state index is 13.2. The van der Waals surface area contributed by atoms with Crippen LogP contribution in [0, 0.1) is 5.82 Å². The monoisotopic (exact) mass is 300 g/mol. The number of carbonyl (C=O) groups excluding carboxylic acids is 1. The van der Waals surface area contributed by atoms with Crippen LogP contribution in [0.15, 0.2) is 18.2 Å². The molecule has 2 atom stereocenters. The molecule has 0 spiro atoms. The first kappa shape index (κ1) is 17.2. The number of aliphatic hydroxyl groups is 2. The van der Waals surface area contributed by atoms with E-state index in [1.807, 2.05) is 0 Å². The summed E-state index contributed by atoms with van der Waals surface area (Å²) in [6.07, 6.45) is -3.41. The Hall–Kier alpha value is -1.86. The van der Waals surface area contributed by atoms with Gasteiger partial charge in [0.25, 0.3) is 0 Å². The van der Waals surface area contributed by atoms with E-state index in [1.54, 1.807) is 20.8 Å². The number of benzene rings is 1. The first-order valence-corrected chi connectivity index (χ1v) is 6.47. The highest BCUT2D eigenvalue weighted by molar-refractivity contribution is 5.67. The molecule has 0 aliphatic rings. The lowest BCUT2D eigenvalue weighted by Gasteiger charge is -2.22. The Labute approximate surface area is 122 Å². The minimum absolute atomic E-state index is 0.131. The van der Waals surface area contributed by atoms with Crippen molar-refractivity contribution in [2.24, 2.45) is 0 Å². The molecule has 0 radical (unpaired) electrons. The van der Waals surface area contributed by atoms with Gasteiger partial charge in [0.1, 0.15) is 23.6 Å². The molecule has 6 nitrogen and oxygen atoms in total. The number of aliphatic hydroxyl groups excluding tert-OH is 2. The fourth-order valence-corrected chi connectivity index (χ4v) is 1.64. The van der Waals surface area contributed by atoms with Gasteiger partial charge in [0.05, 0.1) is 0 Å². The van der Waals surface area contributed by atoms with Crippen LogP contribution < -0.4 is 11.1 Å². The normalized spacial score (nSPS) is 14.4. The average Bonchev–Trinajstić information content (AvgIpc) is 2.31. The molecule has 1 amide bonds. The highest BCUT2D eigenvalue weighted by atomic mass is 19.1. The van der Waals surface area contributed by atoms with E-state index in [4.69, 9.17) is 10.5 Å². The maximum Gasteiger partial charge on any atom is 0.407 e. The SMILES string of the molecule is CC(C)(C)OC(=O)NCC(O)C(O)c1cc(N)cc(F)c1. The summed E-state index contributed by atoms with van der Waals surface area (Å²) in [5.41, 5.74) is 5.07. The second-order valence-electron chi connectivity index (χ2n) is 5.71. The van der Waals surface area contributed by atoms with Gasteiger partial charge in [-0.3, -0.25) is 0 Å². The van der Waals surface area contributed by atoms with Crippen molar-refractivity contribution < 1.29 is 24.1 Å². The third kappa shape index (κ3) is 5.97. The van der Waals surface area contributed by atoms with Crippen molar-refractivity contribution in [3.05, 3.63) is 29.6 Å². The van der Waals surface area contributed by atoms with Crippen molar-refractivity contribution in [2.75, 3.05) is 12.3 Å². The van der Waals surface area contributed by atoms with Gasteiger partial charge in [-0.15, -0.1) is 0 Å². The van der Waals surface area contributed by atoms with Gasteiger partial charge < -0.3 is 26.0 Å². The van der Waals surface area contributed by atoms with E-state index in [0.29, 0.717) is 0 Å². The highest BCUT2D eigenvalue weighted by Gasteiger charge is 2.22. The molecule has 0 fully saturated rings. The average molecular weight is 300 g/mol. The van der Waals surface area contributed by atoms with E-state index >= 15 is 0 Å². The van der Waals surface area contributed by atoms with Gasteiger partial charge in [0, 0.05) is 12.2 Å². The summed E-state index contributed by atoms with van der Waals surface area (Å²) in [7, 11) is 0. The summed E-state index contributed by atoms with van der Waals surface area (Å²) in [4.78, 5) is 11.4. The zero-order valence-electron chi connectivity index (χ0n) is 12.3. The summed E-state index contributed by atoms with van der Waals surface area (Å²) < 4.78 is 18.2. The molecule has 0 bridgehead atoms. The van der Waals surface area contributed by atoms with Crippen LogP contribution >= 0.6 is 0 Å². The standard InChI is InChI=1S/C14H21FN2O4/c1-14(2,3)21-13(20)17-7-11(18)12(19)8-4-9(15)6-10(16)5-8/h4-6,11-12,18-19H,7,16H2,1-3H3,(H,17,20). The van der Waals surface area contributed by atoms with E-state index in [9.17, 15) is 19.4 Å². The summed E-state index contributed by atoms with van der Waals surface area (Å²) >= 11 is 0. The molecular weight excluding hydrogens is 279 g/mol. The number of nitrogen functional groups attached to an aromatic ring is 1. The molecule has 0 saturated heterocycles. The first-order chi connectivity index (χ1) is 9.58. The first-order valence-electron chi connectivity index (χ1n) is 6.47. The van der Waals surface area contributed by atoms with Crippen LogP contribution in [-0.4, -0.2) is 34.6 Å². The topological polar surface area (TPSA) is 105 Å². The van der Waals surface area contributed by atoms with Crippen LogP contribution in [0.4, 0.5) is 14.9 Å². The van der Waals surface area contributed by atoms with Crippen molar-refractivity contribution in [1.82, 2.24) is 5.32 Å². The summed E-state index contributed by atoms with van der Waals surface area (Å²) in [6, 6.07) is 3.52. The zero-order valence-corrected chi connectivity index (χ0v) is 12.3. The van der Waals surface area contributed by atoms with Gasteiger partial charge >= 0.3 is 6.09 Å². The molecule has 1 rings (SSSR count). The highest BCUT2D eigenvalue weighted by Crippen LogP contribution is 2.20. The third-order valence-corrected chi connectivity index (χ3v) is 2.50. The second-order valence-corrected chi connectivity index (χ2v) is 5.71.